The van der Waals surface area contributed by atoms with Gasteiger partial charge >= 0.3 is 0 Å². The lowest BCUT2D eigenvalue weighted by molar-refractivity contribution is -0.121. The molecule has 0 aromatic rings. The standard InChI is InChI=1S/C15H28N2O2/c18-12-15(9-5-2-6-10-15)16-11-14(19)17-13-7-3-1-4-8-13/h13,16,18H,1-12H2,(H,17,19). The summed E-state index contributed by atoms with van der Waals surface area (Å²) in [5.74, 6) is 0.0882. The van der Waals surface area contributed by atoms with E-state index >= 15 is 0 Å². The predicted octanol–water partition coefficient (Wildman–Crippen LogP) is 1.72. The van der Waals surface area contributed by atoms with Crippen molar-refractivity contribution in [2.75, 3.05) is 13.2 Å². The molecule has 2 aliphatic carbocycles. The van der Waals surface area contributed by atoms with Crippen molar-refractivity contribution >= 4 is 5.91 Å². The highest BCUT2D eigenvalue weighted by atomic mass is 16.3. The van der Waals surface area contributed by atoms with Crippen LogP contribution in [0.15, 0.2) is 0 Å². The first-order valence-corrected chi connectivity index (χ1v) is 7.89. The molecule has 0 spiro atoms. The van der Waals surface area contributed by atoms with Gasteiger partial charge in [-0.15, -0.1) is 0 Å². The molecule has 0 radical (unpaired) electrons. The summed E-state index contributed by atoms with van der Waals surface area (Å²) in [5, 5.41) is 16.0. The Bertz CT molecular complexity index is 282. The van der Waals surface area contributed by atoms with Gasteiger partial charge in [0.1, 0.15) is 0 Å². The van der Waals surface area contributed by atoms with Gasteiger partial charge in [0.2, 0.25) is 5.91 Å². The Balaban J connectivity index is 1.72. The molecule has 110 valence electrons. The fourth-order valence-electron chi connectivity index (χ4n) is 3.41. The van der Waals surface area contributed by atoms with E-state index in [1.807, 2.05) is 0 Å². The molecule has 0 aliphatic heterocycles. The second-order valence-corrected chi connectivity index (χ2v) is 6.26. The van der Waals surface area contributed by atoms with Gasteiger partial charge in [-0.25, -0.2) is 0 Å². The molecule has 4 heteroatoms. The predicted molar refractivity (Wildman–Crippen MR) is 75.9 cm³/mol. The Kier molecular flexibility index (Phi) is 5.64. The summed E-state index contributed by atoms with van der Waals surface area (Å²) in [5.41, 5.74) is -0.206. The number of nitrogens with one attached hydrogen (secondary N) is 2. The first-order chi connectivity index (χ1) is 9.24. The minimum atomic E-state index is -0.206. The highest BCUT2D eigenvalue weighted by Crippen LogP contribution is 2.27. The van der Waals surface area contributed by atoms with Crippen LogP contribution in [0.5, 0.6) is 0 Å². The molecule has 0 atom stereocenters. The van der Waals surface area contributed by atoms with E-state index in [0.717, 1.165) is 38.5 Å². The Hall–Kier alpha value is -0.610. The van der Waals surface area contributed by atoms with Gasteiger partial charge in [-0.3, -0.25) is 4.79 Å². The monoisotopic (exact) mass is 268 g/mol. The van der Waals surface area contributed by atoms with Crippen LogP contribution in [0, 0.1) is 0 Å². The van der Waals surface area contributed by atoms with Gasteiger partial charge in [0.05, 0.1) is 13.2 Å². The molecule has 0 unspecified atom stereocenters. The molecule has 0 saturated heterocycles. The molecule has 0 bridgehead atoms. The molecule has 19 heavy (non-hydrogen) atoms. The van der Waals surface area contributed by atoms with Gasteiger partial charge in [0.15, 0.2) is 0 Å². The maximum Gasteiger partial charge on any atom is 0.234 e. The summed E-state index contributed by atoms with van der Waals surface area (Å²) in [4.78, 5) is 12.0. The van der Waals surface area contributed by atoms with E-state index in [2.05, 4.69) is 10.6 Å². The first kappa shape index (κ1) is 14.8. The summed E-state index contributed by atoms with van der Waals surface area (Å²) in [6.45, 7) is 0.487. The third kappa shape index (κ3) is 4.46. The van der Waals surface area contributed by atoms with Crippen molar-refractivity contribution < 1.29 is 9.90 Å². The van der Waals surface area contributed by atoms with Crippen molar-refractivity contribution in [3.8, 4) is 0 Å². The molecule has 0 heterocycles. The third-order valence-electron chi connectivity index (χ3n) is 4.71. The van der Waals surface area contributed by atoms with E-state index in [0.29, 0.717) is 12.6 Å². The van der Waals surface area contributed by atoms with Crippen molar-refractivity contribution in [3.05, 3.63) is 0 Å². The van der Waals surface area contributed by atoms with Crippen LogP contribution in [0.2, 0.25) is 0 Å². The lowest BCUT2D eigenvalue weighted by Gasteiger charge is -2.36. The Morgan fingerprint density at radius 2 is 1.68 bits per heavy atom. The number of amides is 1. The van der Waals surface area contributed by atoms with Crippen molar-refractivity contribution in [1.29, 1.82) is 0 Å². The summed E-state index contributed by atoms with van der Waals surface area (Å²) >= 11 is 0. The number of aliphatic hydroxyl groups is 1. The largest absolute Gasteiger partial charge is 0.394 e. The van der Waals surface area contributed by atoms with Gasteiger partial charge in [-0.2, -0.15) is 0 Å². The summed E-state index contributed by atoms with van der Waals surface area (Å²) in [6, 6.07) is 0.375. The normalized spacial score (nSPS) is 24.1. The number of hydrogen-bond donors (Lipinski definition) is 3. The topological polar surface area (TPSA) is 61.4 Å². The van der Waals surface area contributed by atoms with Crippen LogP contribution in [-0.2, 0) is 4.79 Å². The van der Waals surface area contributed by atoms with E-state index in [-0.39, 0.29) is 18.1 Å². The second kappa shape index (κ2) is 7.25. The number of aliphatic hydroxyl groups excluding tert-OH is 1. The Morgan fingerprint density at radius 3 is 2.32 bits per heavy atom. The second-order valence-electron chi connectivity index (χ2n) is 6.26. The average Bonchev–Trinajstić information content (AvgIpc) is 2.47. The van der Waals surface area contributed by atoms with Crippen molar-refractivity contribution in [2.24, 2.45) is 0 Å². The molecule has 2 saturated carbocycles. The van der Waals surface area contributed by atoms with Crippen LogP contribution >= 0.6 is 0 Å². The molecule has 1 amide bonds. The van der Waals surface area contributed by atoms with Crippen molar-refractivity contribution in [3.63, 3.8) is 0 Å². The molecule has 0 aromatic carbocycles. The summed E-state index contributed by atoms with van der Waals surface area (Å²) < 4.78 is 0. The minimum absolute atomic E-state index is 0.0882. The smallest absolute Gasteiger partial charge is 0.234 e. The molecular weight excluding hydrogens is 240 g/mol. The van der Waals surface area contributed by atoms with E-state index in [9.17, 15) is 9.90 Å². The fraction of sp³-hybridized carbons (Fsp3) is 0.933. The highest BCUT2D eigenvalue weighted by molar-refractivity contribution is 5.78. The van der Waals surface area contributed by atoms with Gasteiger partial charge in [0.25, 0.3) is 0 Å². The van der Waals surface area contributed by atoms with E-state index in [1.54, 1.807) is 0 Å². The molecule has 2 rings (SSSR count). The number of carbonyl (C=O) groups is 1. The number of hydrogen-bond acceptors (Lipinski definition) is 3. The molecule has 3 N–H and O–H groups in total. The lowest BCUT2D eigenvalue weighted by Crippen LogP contribution is -2.53. The average molecular weight is 268 g/mol. The van der Waals surface area contributed by atoms with Gasteiger partial charge in [-0.05, 0) is 25.7 Å². The van der Waals surface area contributed by atoms with Crippen LogP contribution in [0.1, 0.15) is 64.2 Å². The zero-order valence-electron chi connectivity index (χ0n) is 11.9. The summed E-state index contributed by atoms with van der Waals surface area (Å²) in [7, 11) is 0. The quantitative estimate of drug-likeness (QED) is 0.711. The van der Waals surface area contributed by atoms with Crippen LogP contribution in [0.3, 0.4) is 0 Å². The Labute approximate surface area is 116 Å². The van der Waals surface area contributed by atoms with E-state index in [1.165, 1.54) is 25.7 Å². The zero-order valence-corrected chi connectivity index (χ0v) is 11.9. The van der Waals surface area contributed by atoms with Crippen LogP contribution < -0.4 is 10.6 Å². The maximum absolute atomic E-state index is 12.0. The van der Waals surface area contributed by atoms with Crippen molar-refractivity contribution in [2.45, 2.75) is 75.8 Å². The van der Waals surface area contributed by atoms with Gasteiger partial charge < -0.3 is 15.7 Å². The molecule has 2 fully saturated rings. The fourth-order valence-corrected chi connectivity index (χ4v) is 3.41. The third-order valence-corrected chi connectivity index (χ3v) is 4.71. The first-order valence-electron chi connectivity index (χ1n) is 7.89. The van der Waals surface area contributed by atoms with Crippen LogP contribution in [-0.4, -0.2) is 35.7 Å². The highest BCUT2D eigenvalue weighted by Gasteiger charge is 2.31. The van der Waals surface area contributed by atoms with Crippen LogP contribution in [0.4, 0.5) is 0 Å². The minimum Gasteiger partial charge on any atom is -0.394 e. The maximum atomic E-state index is 12.0. The van der Waals surface area contributed by atoms with E-state index in [4.69, 9.17) is 0 Å². The number of carbonyl (C=O) groups excluding carboxylic acids is 1. The van der Waals surface area contributed by atoms with Gasteiger partial charge in [-0.1, -0.05) is 38.5 Å². The zero-order chi connectivity index (χ0) is 13.6. The lowest BCUT2D eigenvalue weighted by atomic mass is 9.82. The molecule has 0 aromatic heterocycles. The van der Waals surface area contributed by atoms with Crippen molar-refractivity contribution in [1.82, 2.24) is 10.6 Å². The molecule has 2 aliphatic rings. The number of rotatable bonds is 5. The molecule has 4 nitrogen and oxygen atoms in total. The molecular formula is C15H28N2O2. The van der Waals surface area contributed by atoms with Crippen LogP contribution in [0.25, 0.3) is 0 Å². The van der Waals surface area contributed by atoms with E-state index < -0.39 is 0 Å². The Morgan fingerprint density at radius 1 is 1.05 bits per heavy atom. The summed E-state index contributed by atoms with van der Waals surface area (Å²) in [6.07, 6.45) is 11.5. The van der Waals surface area contributed by atoms with Gasteiger partial charge in [0, 0.05) is 11.6 Å². The SMILES string of the molecule is O=C(CNC1(CO)CCCCC1)NC1CCCCC1.